The Hall–Kier alpha value is -1.98. The summed E-state index contributed by atoms with van der Waals surface area (Å²) >= 11 is 0. The Labute approximate surface area is 73.9 Å². The molecule has 2 aromatic heterocycles. The standard InChI is InChI=1S/C7H8N6/c8-6(9)3-5-4-11-7-10-1-2-12-13(5)7/h1-2,4H,3H2,(H3,8,9). The van der Waals surface area contributed by atoms with Crippen LogP contribution in [0.1, 0.15) is 5.69 Å². The van der Waals surface area contributed by atoms with E-state index in [0.29, 0.717) is 12.2 Å². The van der Waals surface area contributed by atoms with Crippen molar-refractivity contribution in [2.45, 2.75) is 6.42 Å². The molecule has 6 heteroatoms. The third-order valence-corrected chi connectivity index (χ3v) is 1.60. The van der Waals surface area contributed by atoms with Gasteiger partial charge in [-0.05, 0) is 0 Å². The maximum Gasteiger partial charge on any atom is 0.250 e. The molecule has 3 N–H and O–H groups in total. The monoisotopic (exact) mass is 176 g/mol. The smallest absolute Gasteiger partial charge is 0.250 e. The van der Waals surface area contributed by atoms with E-state index in [1.54, 1.807) is 23.1 Å². The van der Waals surface area contributed by atoms with Crippen LogP contribution in [0.5, 0.6) is 0 Å². The topological polar surface area (TPSA) is 93.0 Å². The first-order valence-corrected chi connectivity index (χ1v) is 3.74. The molecule has 0 radical (unpaired) electrons. The lowest BCUT2D eigenvalue weighted by molar-refractivity contribution is 0.858. The highest BCUT2D eigenvalue weighted by molar-refractivity contribution is 5.79. The molecule has 0 unspecified atom stereocenters. The van der Waals surface area contributed by atoms with Crippen LogP contribution in [0.3, 0.4) is 0 Å². The number of nitrogens with one attached hydrogen (secondary N) is 1. The molecule has 0 atom stereocenters. The molecular formula is C7H8N6. The molecule has 2 aromatic rings. The lowest BCUT2D eigenvalue weighted by atomic mass is 10.3. The largest absolute Gasteiger partial charge is 0.387 e. The number of hydrogen-bond donors (Lipinski definition) is 2. The van der Waals surface area contributed by atoms with Gasteiger partial charge in [0.15, 0.2) is 0 Å². The predicted octanol–water partition coefficient (Wildman–Crippen LogP) is -0.397. The molecule has 0 aromatic carbocycles. The highest BCUT2D eigenvalue weighted by atomic mass is 15.3. The minimum Gasteiger partial charge on any atom is -0.387 e. The molecule has 0 bridgehead atoms. The van der Waals surface area contributed by atoms with Crippen molar-refractivity contribution in [1.29, 1.82) is 5.41 Å². The van der Waals surface area contributed by atoms with Gasteiger partial charge in [-0.15, -0.1) is 0 Å². The van der Waals surface area contributed by atoms with Gasteiger partial charge in [0.25, 0.3) is 5.78 Å². The fourth-order valence-corrected chi connectivity index (χ4v) is 1.10. The van der Waals surface area contributed by atoms with E-state index in [0.717, 1.165) is 5.69 Å². The van der Waals surface area contributed by atoms with E-state index < -0.39 is 0 Å². The zero-order valence-electron chi connectivity index (χ0n) is 6.81. The normalized spacial score (nSPS) is 10.5. The molecule has 0 saturated carbocycles. The van der Waals surface area contributed by atoms with E-state index in [-0.39, 0.29) is 5.84 Å². The Morgan fingerprint density at radius 2 is 2.31 bits per heavy atom. The van der Waals surface area contributed by atoms with E-state index in [2.05, 4.69) is 15.1 Å². The lowest BCUT2D eigenvalue weighted by Crippen LogP contribution is -2.14. The van der Waals surface area contributed by atoms with Crippen molar-refractivity contribution in [2.24, 2.45) is 5.73 Å². The van der Waals surface area contributed by atoms with Crippen LogP contribution in [0.4, 0.5) is 0 Å². The molecule has 2 heterocycles. The van der Waals surface area contributed by atoms with Crippen LogP contribution in [0.25, 0.3) is 5.78 Å². The van der Waals surface area contributed by atoms with Gasteiger partial charge in [0.1, 0.15) is 0 Å². The first-order valence-electron chi connectivity index (χ1n) is 3.74. The number of nitrogens with two attached hydrogens (primary N) is 1. The molecule has 0 aliphatic rings. The molecule has 0 amide bonds. The zero-order valence-corrected chi connectivity index (χ0v) is 6.81. The van der Waals surface area contributed by atoms with Gasteiger partial charge in [-0.1, -0.05) is 0 Å². The van der Waals surface area contributed by atoms with Crippen LogP contribution in [0.2, 0.25) is 0 Å². The summed E-state index contributed by atoms with van der Waals surface area (Å²) in [5.74, 6) is 0.617. The number of nitrogens with zero attached hydrogens (tertiary/aromatic N) is 4. The van der Waals surface area contributed by atoms with Crippen LogP contribution in [-0.4, -0.2) is 25.4 Å². The quantitative estimate of drug-likeness (QED) is 0.481. The summed E-state index contributed by atoms with van der Waals surface area (Å²) in [7, 11) is 0. The molecule has 13 heavy (non-hydrogen) atoms. The van der Waals surface area contributed by atoms with Crippen molar-refractivity contribution in [2.75, 3.05) is 0 Å². The summed E-state index contributed by atoms with van der Waals surface area (Å²) in [6.07, 6.45) is 5.11. The second kappa shape index (κ2) is 2.81. The van der Waals surface area contributed by atoms with E-state index in [1.807, 2.05) is 0 Å². The number of imidazole rings is 1. The van der Waals surface area contributed by atoms with E-state index >= 15 is 0 Å². The van der Waals surface area contributed by atoms with E-state index in [1.165, 1.54) is 0 Å². The van der Waals surface area contributed by atoms with Gasteiger partial charge >= 0.3 is 0 Å². The highest BCUT2D eigenvalue weighted by Crippen LogP contribution is 2.01. The van der Waals surface area contributed by atoms with Crippen molar-refractivity contribution in [1.82, 2.24) is 19.6 Å². The summed E-state index contributed by atoms with van der Waals surface area (Å²) in [6.45, 7) is 0. The number of fused-ring (bicyclic) bond motifs is 1. The number of aromatic nitrogens is 4. The molecule has 0 saturated heterocycles. The van der Waals surface area contributed by atoms with Crippen LogP contribution in [0.15, 0.2) is 18.6 Å². The minimum absolute atomic E-state index is 0.0902. The third-order valence-electron chi connectivity index (χ3n) is 1.60. The number of amidine groups is 1. The van der Waals surface area contributed by atoms with Crippen LogP contribution in [0, 0.1) is 5.41 Å². The molecule has 0 fully saturated rings. The second-order valence-electron chi connectivity index (χ2n) is 2.61. The Balaban J connectivity index is 2.51. The van der Waals surface area contributed by atoms with Crippen molar-refractivity contribution in [3.8, 4) is 0 Å². The molecular weight excluding hydrogens is 168 g/mol. The maximum atomic E-state index is 7.13. The predicted molar refractivity (Wildman–Crippen MR) is 46.4 cm³/mol. The van der Waals surface area contributed by atoms with Crippen molar-refractivity contribution < 1.29 is 0 Å². The average Bonchev–Trinajstić information content (AvgIpc) is 2.48. The molecule has 0 aliphatic heterocycles. The van der Waals surface area contributed by atoms with E-state index in [9.17, 15) is 0 Å². The zero-order chi connectivity index (χ0) is 9.26. The molecule has 66 valence electrons. The van der Waals surface area contributed by atoms with Gasteiger partial charge in [0, 0.05) is 6.42 Å². The number of hydrogen-bond acceptors (Lipinski definition) is 4. The molecule has 0 aliphatic carbocycles. The average molecular weight is 176 g/mol. The van der Waals surface area contributed by atoms with Gasteiger partial charge in [0.2, 0.25) is 0 Å². The summed E-state index contributed by atoms with van der Waals surface area (Å²) in [5, 5.41) is 11.2. The molecule has 0 spiro atoms. The summed E-state index contributed by atoms with van der Waals surface area (Å²) in [4.78, 5) is 8.00. The van der Waals surface area contributed by atoms with Gasteiger partial charge in [-0.3, -0.25) is 5.41 Å². The van der Waals surface area contributed by atoms with Crippen LogP contribution < -0.4 is 5.73 Å². The summed E-state index contributed by atoms with van der Waals surface area (Å²) in [5.41, 5.74) is 6.04. The Bertz CT molecular complexity index is 445. The van der Waals surface area contributed by atoms with Gasteiger partial charge in [0.05, 0.1) is 30.1 Å². The summed E-state index contributed by atoms with van der Waals surface area (Å²) in [6, 6.07) is 0. The first kappa shape index (κ1) is 7.66. The summed E-state index contributed by atoms with van der Waals surface area (Å²) < 4.78 is 1.57. The Morgan fingerprint density at radius 3 is 3.08 bits per heavy atom. The third kappa shape index (κ3) is 1.33. The van der Waals surface area contributed by atoms with E-state index in [4.69, 9.17) is 11.1 Å². The van der Waals surface area contributed by atoms with Crippen LogP contribution in [-0.2, 0) is 6.42 Å². The number of rotatable bonds is 2. The van der Waals surface area contributed by atoms with Gasteiger partial charge < -0.3 is 5.73 Å². The second-order valence-corrected chi connectivity index (χ2v) is 2.61. The van der Waals surface area contributed by atoms with Gasteiger partial charge in [-0.2, -0.15) is 5.10 Å². The first-order chi connectivity index (χ1) is 6.27. The molecule has 2 rings (SSSR count). The lowest BCUT2D eigenvalue weighted by Gasteiger charge is -1.96. The fourth-order valence-electron chi connectivity index (χ4n) is 1.10. The minimum atomic E-state index is 0.0902. The highest BCUT2D eigenvalue weighted by Gasteiger charge is 2.04. The van der Waals surface area contributed by atoms with Crippen molar-refractivity contribution in [3.05, 3.63) is 24.3 Å². The Kier molecular flexibility index (Phi) is 1.66. The van der Waals surface area contributed by atoms with Gasteiger partial charge in [-0.25, -0.2) is 14.5 Å². The van der Waals surface area contributed by atoms with Crippen molar-refractivity contribution >= 4 is 11.6 Å². The Morgan fingerprint density at radius 1 is 1.46 bits per heavy atom. The maximum absolute atomic E-state index is 7.13. The van der Waals surface area contributed by atoms with Crippen molar-refractivity contribution in [3.63, 3.8) is 0 Å². The SMILES string of the molecule is N=C(N)Cc1cnc2nccnn12. The van der Waals surface area contributed by atoms with Crippen LogP contribution >= 0.6 is 0 Å². The fraction of sp³-hybridized carbons (Fsp3) is 0.143. The molecule has 6 nitrogen and oxygen atoms in total.